The van der Waals surface area contributed by atoms with Gasteiger partial charge in [-0.3, -0.25) is 10.1 Å². The molecule has 3 unspecified atom stereocenters. The molecule has 4 N–H and O–H groups in total. The molecule has 0 spiro atoms. The first-order valence-corrected chi connectivity index (χ1v) is 10.9. The van der Waals surface area contributed by atoms with Crippen molar-refractivity contribution in [1.82, 2.24) is 5.32 Å². The molecule has 5 nitrogen and oxygen atoms in total. The lowest BCUT2D eigenvalue weighted by Crippen LogP contribution is -2.39. The molecule has 1 aromatic rings. The van der Waals surface area contributed by atoms with Crippen LogP contribution in [0, 0.1) is 0 Å². The Hall–Kier alpha value is -0.890. The van der Waals surface area contributed by atoms with E-state index in [9.17, 15) is 9.90 Å². The Bertz CT molecular complexity index is 570. The maximum atomic E-state index is 11.5. The predicted octanol–water partition coefficient (Wildman–Crippen LogP) is 3.30. The summed E-state index contributed by atoms with van der Waals surface area (Å²) in [7, 11) is 0. The monoisotopic (exact) mass is 400 g/mol. The van der Waals surface area contributed by atoms with Crippen LogP contribution in [0.15, 0.2) is 18.2 Å². The van der Waals surface area contributed by atoms with Crippen LogP contribution in [-0.2, 0) is 4.79 Å². The van der Waals surface area contributed by atoms with Crippen LogP contribution in [0.2, 0.25) is 0 Å². The average molecular weight is 401 g/mol. The molecule has 0 bridgehead atoms. The van der Waals surface area contributed by atoms with Crippen molar-refractivity contribution in [2.45, 2.75) is 51.2 Å². The van der Waals surface area contributed by atoms with Crippen LogP contribution < -0.4 is 15.8 Å². The zero-order valence-electron chi connectivity index (χ0n) is 16.1. The molecule has 148 valence electrons. The number of thiol groups is 1. The molecule has 0 aliphatic rings. The molecular weight excluding hydrogens is 368 g/mol. The van der Waals surface area contributed by atoms with Crippen LogP contribution in [0.3, 0.4) is 0 Å². The highest BCUT2D eigenvalue weighted by molar-refractivity contribution is 7.98. The first-order valence-electron chi connectivity index (χ1n) is 8.91. The van der Waals surface area contributed by atoms with Crippen LogP contribution in [0.1, 0.15) is 50.3 Å². The van der Waals surface area contributed by atoms with Crippen molar-refractivity contribution in [3.8, 4) is 5.75 Å². The van der Waals surface area contributed by atoms with Crippen LogP contribution in [0.4, 0.5) is 0 Å². The SMILES string of the molecule is CSCCC(NC(C)c1ccc(OCC(N)CS)cc1C(C)C)C(=O)O. The fourth-order valence-corrected chi connectivity index (χ4v) is 3.28. The van der Waals surface area contributed by atoms with Gasteiger partial charge < -0.3 is 15.6 Å². The van der Waals surface area contributed by atoms with Crippen LogP contribution in [-0.4, -0.2) is 47.5 Å². The summed E-state index contributed by atoms with van der Waals surface area (Å²) in [5.41, 5.74) is 8.10. The molecule has 0 fully saturated rings. The van der Waals surface area contributed by atoms with Gasteiger partial charge in [-0.2, -0.15) is 24.4 Å². The van der Waals surface area contributed by atoms with Gasteiger partial charge in [0, 0.05) is 17.8 Å². The molecule has 3 atom stereocenters. The van der Waals surface area contributed by atoms with Crippen LogP contribution in [0.5, 0.6) is 5.75 Å². The van der Waals surface area contributed by atoms with Crippen molar-refractivity contribution >= 4 is 30.4 Å². The number of thioether (sulfide) groups is 1. The lowest BCUT2D eigenvalue weighted by Gasteiger charge is -2.24. The highest BCUT2D eigenvalue weighted by Crippen LogP contribution is 2.29. The average Bonchev–Trinajstić information content (AvgIpc) is 2.62. The third kappa shape index (κ3) is 7.39. The Morgan fingerprint density at radius 2 is 2.04 bits per heavy atom. The summed E-state index contributed by atoms with van der Waals surface area (Å²) in [6, 6.07) is 5.24. The van der Waals surface area contributed by atoms with Crippen molar-refractivity contribution in [2.24, 2.45) is 5.73 Å². The number of nitrogens with two attached hydrogens (primary N) is 1. The zero-order chi connectivity index (χ0) is 19.7. The molecule has 0 radical (unpaired) electrons. The molecule has 0 amide bonds. The zero-order valence-corrected chi connectivity index (χ0v) is 17.8. The maximum absolute atomic E-state index is 11.5. The number of benzene rings is 1. The van der Waals surface area contributed by atoms with E-state index < -0.39 is 12.0 Å². The largest absolute Gasteiger partial charge is 0.492 e. The first kappa shape index (κ1) is 23.1. The second-order valence-corrected chi connectivity index (χ2v) is 8.11. The number of hydrogen-bond donors (Lipinski definition) is 4. The van der Waals surface area contributed by atoms with Gasteiger partial charge in [0.25, 0.3) is 0 Å². The van der Waals surface area contributed by atoms with E-state index in [0.29, 0.717) is 24.7 Å². The Balaban J connectivity index is 2.93. The van der Waals surface area contributed by atoms with Gasteiger partial charge in [-0.1, -0.05) is 19.9 Å². The van der Waals surface area contributed by atoms with E-state index in [2.05, 4.69) is 31.8 Å². The van der Waals surface area contributed by atoms with Crippen molar-refractivity contribution in [2.75, 3.05) is 24.4 Å². The van der Waals surface area contributed by atoms with Crippen molar-refractivity contribution < 1.29 is 14.6 Å². The molecule has 1 rings (SSSR count). The number of nitrogens with one attached hydrogen (secondary N) is 1. The van der Waals surface area contributed by atoms with Crippen molar-refractivity contribution in [3.63, 3.8) is 0 Å². The highest BCUT2D eigenvalue weighted by Gasteiger charge is 2.22. The fourth-order valence-electron chi connectivity index (χ4n) is 2.70. The highest BCUT2D eigenvalue weighted by atomic mass is 32.2. The molecule has 26 heavy (non-hydrogen) atoms. The minimum Gasteiger partial charge on any atom is -0.492 e. The van der Waals surface area contributed by atoms with E-state index >= 15 is 0 Å². The van der Waals surface area contributed by atoms with E-state index in [1.807, 2.05) is 31.4 Å². The number of carbonyl (C=O) groups is 1. The van der Waals surface area contributed by atoms with Crippen molar-refractivity contribution in [3.05, 3.63) is 29.3 Å². The van der Waals surface area contributed by atoms with Gasteiger partial charge in [-0.25, -0.2) is 0 Å². The number of rotatable bonds is 12. The third-order valence-electron chi connectivity index (χ3n) is 4.21. The smallest absolute Gasteiger partial charge is 0.320 e. The molecule has 0 saturated heterocycles. The van der Waals surface area contributed by atoms with Crippen molar-refractivity contribution in [1.29, 1.82) is 0 Å². The number of ether oxygens (including phenoxy) is 1. The quantitative estimate of drug-likeness (QED) is 0.403. The van der Waals surface area contributed by atoms with Gasteiger partial charge in [0.2, 0.25) is 0 Å². The molecule has 0 aliphatic carbocycles. The van der Waals surface area contributed by atoms with E-state index in [4.69, 9.17) is 10.5 Å². The summed E-state index contributed by atoms with van der Waals surface area (Å²) >= 11 is 5.82. The summed E-state index contributed by atoms with van der Waals surface area (Å²) in [5, 5.41) is 12.7. The second-order valence-electron chi connectivity index (χ2n) is 6.76. The topological polar surface area (TPSA) is 84.6 Å². The molecule has 0 aliphatic heterocycles. The number of carboxylic acids is 1. The Kier molecular flexibility index (Phi) is 10.5. The Labute approximate surface area is 166 Å². The molecule has 7 heteroatoms. The first-order chi connectivity index (χ1) is 12.3. The molecular formula is C19H32N2O3S2. The van der Waals surface area contributed by atoms with E-state index in [-0.39, 0.29) is 12.1 Å². The summed E-state index contributed by atoms with van der Waals surface area (Å²) < 4.78 is 5.77. The van der Waals surface area contributed by atoms with Gasteiger partial charge in [0.15, 0.2) is 0 Å². The Morgan fingerprint density at radius 3 is 2.58 bits per heavy atom. The number of hydrogen-bond acceptors (Lipinski definition) is 6. The summed E-state index contributed by atoms with van der Waals surface area (Å²) in [6.07, 6.45) is 2.58. The summed E-state index contributed by atoms with van der Waals surface area (Å²) in [4.78, 5) is 11.5. The summed E-state index contributed by atoms with van der Waals surface area (Å²) in [5.74, 6) is 1.65. The minimum absolute atomic E-state index is 0.0656. The minimum atomic E-state index is -0.808. The summed E-state index contributed by atoms with van der Waals surface area (Å²) in [6.45, 7) is 6.67. The molecule has 0 heterocycles. The van der Waals surface area contributed by atoms with E-state index in [0.717, 1.165) is 22.6 Å². The standard InChI is InChI=1S/C19H32N2O3S2/c1-12(2)17-9-15(24-10-14(20)11-25)5-6-16(17)13(3)21-18(19(22)23)7-8-26-4/h5-6,9,12-14,18,21,25H,7-8,10-11,20H2,1-4H3,(H,22,23). The van der Waals surface area contributed by atoms with Gasteiger partial charge in [0.1, 0.15) is 18.4 Å². The fraction of sp³-hybridized carbons (Fsp3) is 0.632. The number of aliphatic carboxylic acids is 1. The maximum Gasteiger partial charge on any atom is 0.320 e. The lowest BCUT2D eigenvalue weighted by atomic mass is 9.92. The van der Waals surface area contributed by atoms with E-state index in [1.54, 1.807) is 11.8 Å². The van der Waals surface area contributed by atoms with Crippen LogP contribution >= 0.6 is 24.4 Å². The number of carboxylic acid groups (broad SMARTS) is 1. The molecule has 0 aromatic heterocycles. The Morgan fingerprint density at radius 1 is 1.35 bits per heavy atom. The van der Waals surface area contributed by atoms with Gasteiger partial charge in [-0.05, 0) is 54.5 Å². The van der Waals surface area contributed by atoms with Gasteiger partial charge in [0.05, 0.1) is 0 Å². The molecule has 0 saturated carbocycles. The van der Waals surface area contributed by atoms with Gasteiger partial charge >= 0.3 is 5.97 Å². The molecule has 1 aromatic carbocycles. The van der Waals surface area contributed by atoms with E-state index in [1.165, 1.54) is 0 Å². The normalized spacial score (nSPS) is 14.9. The van der Waals surface area contributed by atoms with Gasteiger partial charge in [-0.15, -0.1) is 0 Å². The third-order valence-corrected chi connectivity index (χ3v) is 5.32. The predicted molar refractivity (Wildman–Crippen MR) is 114 cm³/mol. The second kappa shape index (κ2) is 11.7. The van der Waals surface area contributed by atoms with Crippen LogP contribution in [0.25, 0.3) is 0 Å². The lowest BCUT2D eigenvalue weighted by molar-refractivity contribution is -0.139.